The fraction of sp³-hybridized carbons (Fsp3) is 0.286. The van der Waals surface area contributed by atoms with E-state index in [0.29, 0.717) is 31.5 Å². The third-order valence-electron chi connectivity index (χ3n) is 2.92. The summed E-state index contributed by atoms with van der Waals surface area (Å²) in [5.74, 6) is -0.711. The monoisotopic (exact) mass is 273 g/mol. The Morgan fingerprint density at radius 3 is 2.60 bits per heavy atom. The molecule has 1 aliphatic heterocycles. The van der Waals surface area contributed by atoms with Crippen molar-refractivity contribution in [2.75, 3.05) is 13.1 Å². The molecule has 3 amide bonds. The van der Waals surface area contributed by atoms with E-state index in [-0.39, 0.29) is 17.7 Å². The summed E-state index contributed by atoms with van der Waals surface area (Å²) in [6.45, 7) is 0.880. The Labute approximate surface area is 116 Å². The molecule has 0 aliphatic carbocycles. The Balaban J connectivity index is 1.64. The second kappa shape index (κ2) is 6.60. The predicted molar refractivity (Wildman–Crippen MR) is 71.7 cm³/mol. The van der Waals surface area contributed by atoms with E-state index in [2.05, 4.69) is 10.3 Å². The van der Waals surface area contributed by atoms with E-state index in [0.717, 1.165) is 0 Å². The molecular weight excluding hydrogens is 258 g/mol. The van der Waals surface area contributed by atoms with Crippen LogP contribution < -0.4 is 5.32 Å². The van der Waals surface area contributed by atoms with Gasteiger partial charge in [-0.2, -0.15) is 0 Å². The molecule has 0 saturated carbocycles. The highest BCUT2D eigenvalue weighted by atomic mass is 16.2. The van der Waals surface area contributed by atoms with E-state index in [1.807, 2.05) is 0 Å². The van der Waals surface area contributed by atoms with Gasteiger partial charge < -0.3 is 5.32 Å². The molecule has 0 fully saturated rings. The number of pyridine rings is 1. The first-order valence-electron chi connectivity index (χ1n) is 6.40. The molecule has 0 unspecified atom stereocenters. The number of imide groups is 1. The SMILES string of the molecule is O=C(NCCCCN1C(=O)C=CC1=O)c1cccnc1. The van der Waals surface area contributed by atoms with Gasteiger partial charge >= 0.3 is 0 Å². The van der Waals surface area contributed by atoms with E-state index >= 15 is 0 Å². The van der Waals surface area contributed by atoms with Crippen LogP contribution in [0.1, 0.15) is 23.2 Å². The van der Waals surface area contributed by atoms with Gasteiger partial charge in [-0.15, -0.1) is 0 Å². The number of rotatable bonds is 6. The highest BCUT2D eigenvalue weighted by molar-refractivity contribution is 6.12. The first kappa shape index (κ1) is 13.9. The summed E-state index contributed by atoms with van der Waals surface area (Å²) in [5, 5.41) is 2.76. The lowest BCUT2D eigenvalue weighted by Crippen LogP contribution is -2.31. The van der Waals surface area contributed by atoms with Crippen LogP contribution in [0.25, 0.3) is 0 Å². The van der Waals surface area contributed by atoms with Gasteiger partial charge in [0.25, 0.3) is 17.7 Å². The Morgan fingerprint density at radius 2 is 1.95 bits per heavy atom. The average Bonchev–Trinajstić information content (AvgIpc) is 2.79. The van der Waals surface area contributed by atoms with Crippen LogP contribution in [0.15, 0.2) is 36.7 Å². The zero-order valence-electron chi connectivity index (χ0n) is 10.9. The molecule has 1 N–H and O–H groups in total. The summed E-state index contributed by atoms with van der Waals surface area (Å²) < 4.78 is 0. The van der Waals surface area contributed by atoms with Crippen molar-refractivity contribution in [1.82, 2.24) is 15.2 Å². The Kier molecular flexibility index (Phi) is 4.60. The lowest BCUT2D eigenvalue weighted by molar-refractivity contribution is -0.136. The van der Waals surface area contributed by atoms with Crippen LogP contribution in [0.3, 0.4) is 0 Å². The number of aromatic nitrogens is 1. The van der Waals surface area contributed by atoms with E-state index in [1.165, 1.54) is 23.2 Å². The number of hydrogen-bond donors (Lipinski definition) is 1. The summed E-state index contributed by atoms with van der Waals surface area (Å²) in [4.78, 5) is 39.3. The lowest BCUT2D eigenvalue weighted by Gasteiger charge is -2.13. The predicted octanol–water partition coefficient (Wildman–Crippen LogP) is 0.517. The van der Waals surface area contributed by atoms with Gasteiger partial charge in [0.2, 0.25) is 0 Å². The fourth-order valence-corrected chi connectivity index (χ4v) is 1.85. The molecule has 2 heterocycles. The first-order valence-corrected chi connectivity index (χ1v) is 6.40. The van der Waals surface area contributed by atoms with Gasteiger partial charge in [-0.05, 0) is 25.0 Å². The molecule has 6 nitrogen and oxygen atoms in total. The molecule has 0 saturated heterocycles. The zero-order valence-corrected chi connectivity index (χ0v) is 10.9. The molecule has 0 aromatic carbocycles. The van der Waals surface area contributed by atoms with E-state index in [9.17, 15) is 14.4 Å². The number of carbonyl (C=O) groups excluding carboxylic acids is 3. The summed E-state index contributed by atoms with van der Waals surface area (Å²) in [7, 11) is 0. The highest BCUT2D eigenvalue weighted by Gasteiger charge is 2.22. The average molecular weight is 273 g/mol. The third-order valence-corrected chi connectivity index (χ3v) is 2.92. The largest absolute Gasteiger partial charge is 0.352 e. The van der Waals surface area contributed by atoms with Crippen LogP contribution in [0.4, 0.5) is 0 Å². The topological polar surface area (TPSA) is 79.4 Å². The maximum Gasteiger partial charge on any atom is 0.253 e. The molecule has 1 aromatic heterocycles. The van der Waals surface area contributed by atoms with Gasteiger partial charge in [-0.1, -0.05) is 0 Å². The summed E-state index contributed by atoms with van der Waals surface area (Å²) in [5.41, 5.74) is 0.515. The zero-order chi connectivity index (χ0) is 14.4. The molecule has 104 valence electrons. The van der Waals surface area contributed by atoms with Crippen molar-refractivity contribution in [3.8, 4) is 0 Å². The minimum absolute atomic E-state index is 0.173. The van der Waals surface area contributed by atoms with Crippen LogP contribution in [-0.4, -0.2) is 40.7 Å². The standard InChI is InChI=1S/C14H15N3O3/c18-12-5-6-13(19)17(12)9-2-1-8-16-14(20)11-4-3-7-15-10-11/h3-7,10H,1-2,8-9H2,(H,16,20). The van der Waals surface area contributed by atoms with Crippen LogP contribution in [0.2, 0.25) is 0 Å². The Morgan fingerprint density at radius 1 is 1.20 bits per heavy atom. The second-order valence-electron chi connectivity index (χ2n) is 4.37. The van der Waals surface area contributed by atoms with Gasteiger partial charge in [0.15, 0.2) is 0 Å². The first-order chi connectivity index (χ1) is 9.68. The molecule has 2 rings (SSSR count). The van der Waals surface area contributed by atoms with Crippen molar-refractivity contribution in [2.24, 2.45) is 0 Å². The summed E-state index contributed by atoms with van der Waals surface area (Å²) in [6.07, 6.45) is 7.01. The quantitative estimate of drug-likeness (QED) is 0.605. The van der Waals surface area contributed by atoms with E-state index < -0.39 is 0 Å². The normalized spacial score (nSPS) is 13.9. The van der Waals surface area contributed by atoms with Crippen molar-refractivity contribution in [3.63, 3.8) is 0 Å². The second-order valence-corrected chi connectivity index (χ2v) is 4.37. The molecule has 0 spiro atoms. The van der Waals surface area contributed by atoms with Crippen LogP contribution >= 0.6 is 0 Å². The van der Waals surface area contributed by atoms with Gasteiger partial charge in [-0.25, -0.2) is 0 Å². The van der Waals surface area contributed by atoms with Gasteiger partial charge in [-0.3, -0.25) is 24.3 Å². The molecular formula is C14H15N3O3. The van der Waals surface area contributed by atoms with Gasteiger partial charge in [0.1, 0.15) is 0 Å². The number of nitrogens with one attached hydrogen (secondary N) is 1. The molecule has 1 aliphatic rings. The molecule has 1 aromatic rings. The van der Waals surface area contributed by atoms with Gasteiger partial charge in [0.05, 0.1) is 5.56 Å². The van der Waals surface area contributed by atoms with E-state index in [1.54, 1.807) is 18.3 Å². The van der Waals surface area contributed by atoms with Crippen molar-refractivity contribution in [2.45, 2.75) is 12.8 Å². The number of hydrogen-bond acceptors (Lipinski definition) is 4. The smallest absolute Gasteiger partial charge is 0.253 e. The maximum atomic E-state index is 11.7. The van der Waals surface area contributed by atoms with Crippen molar-refractivity contribution in [3.05, 3.63) is 42.2 Å². The highest BCUT2D eigenvalue weighted by Crippen LogP contribution is 2.05. The summed E-state index contributed by atoms with van der Waals surface area (Å²) in [6, 6.07) is 3.39. The maximum absolute atomic E-state index is 11.7. The van der Waals surface area contributed by atoms with Crippen molar-refractivity contribution < 1.29 is 14.4 Å². The Hall–Kier alpha value is -2.50. The molecule has 0 radical (unpaired) electrons. The number of amides is 3. The van der Waals surface area contributed by atoms with Crippen LogP contribution in [-0.2, 0) is 9.59 Å². The lowest BCUT2D eigenvalue weighted by atomic mass is 10.2. The third kappa shape index (κ3) is 3.50. The molecule has 0 bridgehead atoms. The molecule has 6 heteroatoms. The number of carbonyl (C=O) groups is 3. The van der Waals surface area contributed by atoms with Crippen LogP contribution in [0.5, 0.6) is 0 Å². The minimum atomic E-state index is -0.269. The Bertz CT molecular complexity index is 522. The van der Waals surface area contributed by atoms with E-state index in [4.69, 9.17) is 0 Å². The van der Waals surface area contributed by atoms with Crippen molar-refractivity contribution >= 4 is 17.7 Å². The number of unbranched alkanes of at least 4 members (excludes halogenated alkanes) is 1. The fourth-order valence-electron chi connectivity index (χ4n) is 1.85. The molecule has 0 atom stereocenters. The number of nitrogens with zero attached hydrogens (tertiary/aromatic N) is 2. The van der Waals surface area contributed by atoms with Crippen molar-refractivity contribution in [1.29, 1.82) is 0 Å². The summed E-state index contributed by atoms with van der Waals surface area (Å²) >= 11 is 0. The van der Waals surface area contributed by atoms with Gasteiger partial charge in [0, 0.05) is 37.6 Å². The molecule has 20 heavy (non-hydrogen) atoms. The van der Waals surface area contributed by atoms with Crippen LogP contribution in [0, 0.1) is 0 Å². The minimum Gasteiger partial charge on any atom is -0.352 e.